The lowest BCUT2D eigenvalue weighted by Crippen LogP contribution is -2.52. The molecule has 2 aromatic heterocycles. The van der Waals surface area contributed by atoms with Crippen LogP contribution in [0.25, 0.3) is 5.65 Å². The smallest absolute Gasteiger partial charge is 0.406 e. The number of nitrogens with zero attached hydrogens (tertiary/aromatic N) is 4. The molecule has 5 rings (SSSR count). The molecule has 1 atom stereocenters. The number of halogens is 5. The van der Waals surface area contributed by atoms with Crippen LogP contribution in [0.2, 0.25) is 0 Å². The molecular formula is C29H28F5N5O2. The van der Waals surface area contributed by atoms with Crippen LogP contribution >= 0.6 is 0 Å². The van der Waals surface area contributed by atoms with Gasteiger partial charge in [-0.2, -0.15) is 0 Å². The Morgan fingerprint density at radius 1 is 1.07 bits per heavy atom. The molecule has 216 valence electrons. The van der Waals surface area contributed by atoms with E-state index in [2.05, 4.69) is 19.9 Å². The summed E-state index contributed by atoms with van der Waals surface area (Å²) < 4.78 is 71.6. The van der Waals surface area contributed by atoms with Crippen LogP contribution in [0.4, 0.5) is 33.3 Å². The fraction of sp³-hybridized carbons (Fsp3) is 0.310. The van der Waals surface area contributed by atoms with Crippen LogP contribution in [0.1, 0.15) is 35.6 Å². The highest BCUT2D eigenvalue weighted by molar-refractivity contribution is 5.94. The van der Waals surface area contributed by atoms with Gasteiger partial charge in [-0.15, -0.1) is 13.2 Å². The molecule has 1 aliphatic heterocycles. The summed E-state index contributed by atoms with van der Waals surface area (Å²) in [5, 5.41) is 2.80. The maximum atomic E-state index is 15.2. The number of piperazine rings is 1. The third-order valence-electron chi connectivity index (χ3n) is 7.05. The molecule has 3 heterocycles. The quantitative estimate of drug-likeness (QED) is 0.287. The number of pyridine rings is 1. The maximum Gasteiger partial charge on any atom is 0.573 e. The van der Waals surface area contributed by atoms with Crippen LogP contribution in [-0.4, -0.2) is 47.3 Å². The molecule has 0 radical (unpaired) electrons. The Morgan fingerprint density at radius 3 is 2.49 bits per heavy atom. The van der Waals surface area contributed by atoms with E-state index in [4.69, 9.17) is 0 Å². The highest BCUT2D eigenvalue weighted by Crippen LogP contribution is 2.29. The van der Waals surface area contributed by atoms with Gasteiger partial charge in [0.2, 0.25) is 0 Å². The molecule has 1 fully saturated rings. The zero-order valence-electron chi connectivity index (χ0n) is 22.4. The van der Waals surface area contributed by atoms with E-state index in [0.717, 1.165) is 5.69 Å². The molecule has 1 amide bonds. The second-order valence-electron chi connectivity index (χ2n) is 9.83. The molecule has 1 saturated heterocycles. The number of anilines is 2. The Kier molecular flexibility index (Phi) is 7.74. The van der Waals surface area contributed by atoms with Crippen LogP contribution in [0.5, 0.6) is 5.75 Å². The van der Waals surface area contributed by atoms with Crippen molar-refractivity contribution >= 4 is 22.9 Å². The summed E-state index contributed by atoms with van der Waals surface area (Å²) in [6.07, 6.45) is -2.81. The van der Waals surface area contributed by atoms with Gasteiger partial charge in [0.1, 0.15) is 28.7 Å². The Bertz CT molecular complexity index is 1550. The van der Waals surface area contributed by atoms with Crippen molar-refractivity contribution in [1.29, 1.82) is 0 Å². The van der Waals surface area contributed by atoms with Gasteiger partial charge >= 0.3 is 6.36 Å². The second-order valence-corrected chi connectivity index (χ2v) is 9.83. The standard InChI is InChI=1S/C29H28F5N5O2/c1-3-24-27(39-11-10-20(30)15-26(39)36-24)28(40)35-16-19-4-9-25(23(31)14-19)37-12-13-38(18(2)17-37)21-5-7-22(8-6-21)41-29(32,33)34/h4-11,14-15,18H,3,12-13,16-17H2,1-2H3,(H,35,40)/t18-/m0/s1. The maximum absolute atomic E-state index is 15.2. The van der Waals surface area contributed by atoms with Gasteiger partial charge in [-0.05, 0) is 61.4 Å². The van der Waals surface area contributed by atoms with Crippen molar-refractivity contribution < 1.29 is 31.5 Å². The van der Waals surface area contributed by atoms with Gasteiger partial charge in [-0.3, -0.25) is 9.20 Å². The fourth-order valence-electron chi connectivity index (χ4n) is 5.14. The summed E-state index contributed by atoms with van der Waals surface area (Å²) in [6.45, 7) is 5.46. The van der Waals surface area contributed by atoms with Crippen LogP contribution in [0.15, 0.2) is 60.8 Å². The number of alkyl halides is 3. The Hall–Kier alpha value is -4.35. The van der Waals surface area contributed by atoms with Crippen molar-refractivity contribution in [2.24, 2.45) is 0 Å². The van der Waals surface area contributed by atoms with E-state index in [1.807, 2.05) is 18.7 Å². The number of carbonyl (C=O) groups is 1. The van der Waals surface area contributed by atoms with E-state index >= 15 is 4.39 Å². The van der Waals surface area contributed by atoms with E-state index in [1.54, 1.807) is 24.3 Å². The van der Waals surface area contributed by atoms with Crippen molar-refractivity contribution in [3.63, 3.8) is 0 Å². The first-order valence-electron chi connectivity index (χ1n) is 13.1. The summed E-state index contributed by atoms with van der Waals surface area (Å²) in [7, 11) is 0. The largest absolute Gasteiger partial charge is 0.573 e. The fourth-order valence-corrected chi connectivity index (χ4v) is 5.14. The van der Waals surface area contributed by atoms with E-state index in [-0.39, 0.29) is 18.3 Å². The number of hydrogen-bond acceptors (Lipinski definition) is 5. The molecular weight excluding hydrogens is 545 g/mol. The zero-order chi connectivity index (χ0) is 29.3. The Morgan fingerprint density at radius 2 is 1.83 bits per heavy atom. The van der Waals surface area contributed by atoms with Gasteiger partial charge in [0.25, 0.3) is 5.91 Å². The summed E-state index contributed by atoms with van der Waals surface area (Å²) in [5.74, 6) is -1.55. The third kappa shape index (κ3) is 6.21. The van der Waals surface area contributed by atoms with Gasteiger partial charge in [0, 0.05) is 50.2 Å². The minimum Gasteiger partial charge on any atom is -0.406 e. The zero-order valence-corrected chi connectivity index (χ0v) is 22.4. The van der Waals surface area contributed by atoms with Gasteiger partial charge in [-0.25, -0.2) is 13.8 Å². The first-order chi connectivity index (χ1) is 19.5. The predicted octanol–water partition coefficient (Wildman–Crippen LogP) is 5.72. The molecule has 1 N–H and O–H groups in total. The minimum absolute atomic E-state index is 0.0387. The van der Waals surface area contributed by atoms with Crippen LogP contribution in [0.3, 0.4) is 0 Å². The number of nitrogens with one attached hydrogen (secondary N) is 1. The second kappa shape index (κ2) is 11.3. The number of hydrogen-bond donors (Lipinski definition) is 1. The number of rotatable bonds is 7. The molecule has 2 aromatic carbocycles. The molecule has 0 bridgehead atoms. The molecule has 12 heteroatoms. The minimum atomic E-state index is -4.75. The molecule has 41 heavy (non-hydrogen) atoms. The van der Waals surface area contributed by atoms with Gasteiger partial charge in [-0.1, -0.05) is 13.0 Å². The van der Waals surface area contributed by atoms with Crippen molar-refractivity contribution in [3.8, 4) is 5.75 Å². The summed E-state index contributed by atoms with van der Waals surface area (Å²) >= 11 is 0. The average Bonchev–Trinajstić information content (AvgIpc) is 3.29. The molecule has 7 nitrogen and oxygen atoms in total. The molecule has 0 saturated carbocycles. The number of benzene rings is 2. The summed E-state index contributed by atoms with van der Waals surface area (Å²) in [4.78, 5) is 21.3. The van der Waals surface area contributed by atoms with Crippen molar-refractivity contribution in [2.75, 3.05) is 29.4 Å². The Balaban J connectivity index is 1.21. The Labute approximate surface area is 233 Å². The molecule has 0 unspecified atom stereocenters. The number of fused-ring (bicyclic) bond motifs is 1. The molecule has 0 spiro atoms. The average molecular weight is 574 g/mol. The lowest BCUT2D eigenvalue weighted by molar-refractivity contribution is -0.274. The van der Waals surface area contributed by atoms with E-state index in [9.17, 15) is 22.4 Å². The van der Waals surface area contributed by atoms with Crippen molar-refractivity contribution in [1.82, 2.24) is 14.7 Å². The topological polar surface area (TPSA) is 62.1 Å². The number of amides is 1. The van der Waals surface area contributed by atoms with Crippen LogP contribution in [-0.2, 0) is 13.0 Å². The molecule has 1 aliphatic rings. The highest BCUT2D eigenvalue weighted by Gasteiger charge is 2.31. The van der Waals surface area contributed by atoms with Crippen LogP contribution in [0, 0.1) is 11.6 Å². The molecule has 0 aliphatic carbocycles. The van der Waals surface area contributed by atoms with E-state index < -0.39 is 23.9 Å². The SMILES string of the molecule is CCc1nc2cc(F)ccn2c1C(=O)NCc1ccc(N2CCN(c3ccc(OC(F)(F)F)cc3)[C@@H](C)C2)c(F)c1. The molecule has 4 aromatic rings. The van der Waals surface area contributed by atoms with Gasteiger partial charge in [0.15, 0.2) is 0 Å². The van der Waals surface area contributed by atoms with Gasteiger partial charge < -0.3 is 19.9 Å². The van der Waals surface area contributed by atoms with Crippen molar-refractivity contribution in [3.05, 3.63) is 89.4 Å². The summed E-state index contributed by atoms with van der Waals surface area (Å²) in [6, 6.07) is 13.0. The lowest BCUT2D eigenvalue weighted by atomic mass is 10.1. The van der Waals surface area contributed by atoms with E-state index in [1.165, 1.54) is 40.9 Å². The highest BCUT2D eigenvalue weighted by atomic mass is 19.4. The van der Waals surface area contributed by atoms with Crippen molar-refractivity contribution in [2.45, 2.75) is 39.2 Å². The van der Waals surface area contributed by atoms with Crippen LogP contribution < -0.4 is 19.9 Å². The number of imidazole rings is 1. The third-order valence-corrected chi connectivity index (χ3v) is 7.05. The monoisotopic (exact) mass is 573 g/mol. The number of carbonyl (C=O) groups excluding carboxylic acids is 1. The van der Waals surface area contributed by atoms with E-state index in [0.29, 0.717) is 54.3 Å². The summed E-state index contributed by atoms with van der Waals surface area (Å²) in [5.41, 5.74) is 2.94. The lowest BCUT2D eigenvalue weighted by Gasteiger charge is -2.42. The number of ether oxygens (including phenoxy) is 1. The number of aromatic nitrogens is 2. The first-order valence-corrected chi connectivity index (χ1v) is 13.1. The number of aryl methyl sites for hydroxylation is 1. The predicted molar refractivity (Wildman–Crippen MR) is 144 cm³/mol. The first kappa shape index (κ1) is 28.2. The normalized spacial score (nSPS) is 15.8. The van der Waals surface area contributed by atoms with Gasteiger partial charge in [0.05, 0.1) is 11.4 Å².